The highest BCUT2D eigenvalue weighted by atomic mass is 35.5. The summed E-state index contributed by atoms with van der Waals surface area (Å²) < 4.78 is 2.20. The van der Waals surface area contributed by atoms with Gasteiger partial charge >= 0.3 is 0 Å². The van der Waals surface area contributed by atoms with E-state index in [0.29, 0.717) is 48.0 Å². The van der Waals surface area contributed by atoms with Crippen molar-refractivity contribution in [2.24, 2.45) is 0 Å². The number of halogens is 1. The number of nitrogens with zero attached hydrogens (tertiary/aromatic N) is 4. The molecule has 0 saturated heterocycles. The van der Waals surface area contributed by atoms with E-state index in [4.69, 9.17) is 21.6 Å². The van der Waals surface area contributed by atoms with E-state index >= 15 is 0 Å². The zero-order valence-corrected chi connectivity index (χ0v) is 19.1. The van der Waals surface area contributed by atoms with E-state index in [1.54, 1.807) is 30.5 Å². The lowest BCUT2D eigenvalue weighted by molar-refractivity contribution is 1.08. The fourth-order valence-electron chi connectivity index (χ4n) is 3.99. The van der Waals surface area contributed by atoms with Gasteiger partial charge in [-0.1, -0.05) is 48.0 Å². The number of thiophene rings is 1. The van der Waals surface area contributed by atoms with Crippen LogP contribution in [0.3, 0.4) is 0 Å². The lowest BCUT2D eigenvalue weighted by Gasteiger charge is -2.09. The number of nitrogens with one attached hydrogen (secondary N) is 1. The summed E-state index contributed by atoms with van der Waals surface area (Å²) in [5.74, 6) is 0. The molecule has 6 aromatic rings. The average Bonchev–Trinajstić information content (AvgIpc) is 3.22. The highest BCUT2D eigenvalue weighted by Crippen LogP contribution is 2.41. The van der Waals surface area contributed by atoms with Crippen LogP contribution in [0.5, 0.6) is 0 Å². The number of hydrogen-bond acceptors (Lipinski definition) is 6. The first kappa shape index (κ1) is 20.4. The largest absolute Gasteiger partial charge is 0.346 e. The van der Waals surface area contributed by atoms with Gasteiger partial charge in [0.15, 0.2) is 0 Å². The molecule has 6 rings (SSSR count). The van der Waals surface area contributed by atoms with Crippen LogP contribution < -0.4 is 10.9 Å². The number of aromatic nitrogens is 3. The maximum atomic E-state index is 13.6. The molecule has 0 atom stereocenters. The number of benzene rings is 2. The molecule has 0 spiro atoms. The third-order valence-electron chi connectivity index (χ3n) is 5.55. The zero-order valence-electron chi connectivity index (χ0n) is 17.5. The van der Waals surface area contributed by atoms with Crippen molar-refractivity contribution in [2.45, 2.75) is 0 Å². The van der Waals surface area contributed by atoms with Gasteiger partial charge in [0, 0.05) is 22.5 Å². The molecule has 0 aliphatic heterocycles. The Hall–Kier alpha value is -4.25. The number of rotatable bonds is 3. The van der Waals surface area contributed by atoms with Gasteiger partial charge in [-0.15, -0.1) is 11.3 Å². The molecule has 0 amide bonds. The summed E-state index contributed by atoms with van der Waals surface area (Å²) in [5.41, 5.74) is 3.80. The molecule has 2 aromatic carbocycles. The minimum absolute atomic E-state index is 0.218. The normalized spacial score (nSPS) is 11.2. The number of pyridine rings is 2. The Bertz CT molecular complexity index is 1820. The summed E-state index contributed by atoms with van der Waals surface area (Å²) in [4.78, 5) is 23.3. The van der Waals surface area contributed by atoms with E-state index < -0.39 is 0 Å². The van der Waals surface area contributed by atoms with Crippen LogP contribution in [-0.4, -0.2) is 14.4 Å². The smallest absolute Gasteiger partial charge is 0.268 e. The summed E-state index contributed by atoms with van der Waals surface area (Å²) in [7, 11) is 0. The number of fused-ring (bicyclic) bond motifs is 4. The van der Waals surface area contributed by atoms with Crippen molar-refractivity contribution in [3.8, 4) is 17.3 Å². The number of anilines is 2. The van der Waals surface area contributed by atoms with Gasteiger partial charge in [0.1, 0.15) is 27.8 Å². The van der Waals surface area contributed by atoms with E-state index in [9.17, 15) is 10.1 Å². The summed E-state index contributed by atoms with van der Waals surface area (Å²) in [5, 5.41) is 15.0. The van der Waals surface area contributed by atoms with Crippen LogP contribution in [0.4, 0.5) is 10.7 Å². The lowest BCUT2D eigenvalue weighted by atomic mass is 10.1. The fourth-order valence-corrected chi connectivity index (χ4v) is 5.22. The Labute approximate surface area is 202 Å². The molecule has 0 radical (unpaired) electrons. The summed E-state index contributed by atoms with van der Waals surface area (Å²) >= 11 is 7.47. The molecular formula is C26H14ClN5OS. The van der Waals surface area contributed by atoms with Gasteiger partial charge in [-0.25, -0.2) is 9.97 Å². The van der Waals surface area contributed by atoms with Crippen LogP contribution in [0.1, 0.15) is 5.56 Å². The first-order chi connectivity index (χ1) is 16.6. The van der Waals surface area contributed by atoms with Crippen molar-refractivity contribution in [3.63, 3.8) is 0 Å². The summed E-state index contributed by atoms with van der Waals surface area (Å²) in [6.07, 6.45) is 1.69. The molecule has 0 bridgehead atoms. The third kappa shape index (κ3) is 3.20. The molecule has 0 saturated carbocycles. The Morgan fingerprint density at radius 2 is 1.71 bits per heavy atom. The quantitative estimate of drug-likeness (QED) is 0.297. The monoisotopic (exact) mass is 479 g/mol. The number of para-hydroxylation sites is 1. The lowest BCUT2D eigenvalue weighted by Crippen LogP contribution is -2.16. The second kappa shape index (κ2) is 7.96. The Balaban J connectivity index is 1.75. The predicted molar refractivity (Wildman–Crippen MR) is 137 cm³/mol. The van der Waals surface area contributed by atoms with Crippen LogP contribution in [-0.2, 0) is 0 Å². The van der Waals surface area contributed by atoms with Crippen LogP contribution >= 0.6 is 22.9 Å². The fraction of sp³-hybridized carbons (Fsp3) is 0. The maximum absolute atomic E-state index is 13.6. The van der Waals surface area contributed by atoms with Crippen molar-refractivity contribution in [1.82, 2.24) is 14.4 Å². The van der Waals surface area contributed by atoms with Gasteiger partial charge in [-0.2, -0.15) is 5.26 Å². The molecule has 4 heterocycles. The third-order valence-corrected chi connectivity index (χ3v) is 6.91. The first-order valence-electron chi connectivity index (χ1n) is 10.4. The highest BCUT2D eigenvalue weighted by molar-refractivity contribution is 7.24. The molecular weight excluding hydrogens is 466 g/mol. The Morgan fingerprint density at radius 3 is 2.47 bits per heavy atom. The Morgan fingerprint density at radius 1 is 0.941 bits per heavy atom. The van der Waals surface area contributed by atoms with Crippen molar-refractivity contribution >= 4 is 60.4 Å². The SMILES string of the molecule is N#Cc1c(Nc2ccccc2)sc2c1nc(-c1ccc(Cl)cc1)c1c(=O)n3ccccc3nc12. The highest BCUT2D eigenvalue weighted by Gasteiger charge is 2.22. The standard InChI is InChI=1S/C26H14ClN5OS/c27-16-11-9-15(10-12-16)21-20-23(30-19-8-4-5-13-32(19)26(20)33)24-22(31-21)18(14-28)25(34-24)29-17-6-2-1-3-7-17/h1-13,29H. The van der Waals surface area contributed by atoms with Crippen molar-refractivity contribution in [1.29, 1.82) is 5.26 Å². The predicted octanol–water partition coefficient (Wildman–Crippen LogP) is 6.39. The molecule has 34 heavy (non-hydrogen) atoms. The topological polar surface area (TPSA) is 83.1 Å². The zero-order chi connectivity index (χ0) is 23.2. The summed E-state index contributed by atoms with van der Waals surface area (Å²) in [6, 6.07) is 24.5. The average molecular weight is 480 g/mol. The van der Waals surface area contributed by atoms with Crippen LogP contribution in [0.2, 0.25) is 5.02 Å². The maximum Gasteiger partial charge on any atom is 0.268 e. The van der Waals surface area contributed by atoms with E-state index in [1.807, 2.05) is 48.5 Å². The van der Waals surface area contributed by atoms with E-state index in [-0.39, 0.29) is 5.56 Å². The van der Waals surface area contributed by atoms with Crippen LogP contribution in [0.25, 0.3) is 38.0 Å². The molecule has 0 unspecified atom stereocenters. The molecule has 0 fully saturated rings. The molecule has 1 N–H and O–H groups in total. The van der Waals surface area contributed by atoms with E-state index in [1.165, 1.54) is 15.7 Å². The van der Waals surface area contributed by atoms with Gasteiger partial charge in [-0.05, 0) is 36.4 Å². The molecule has 8 heteroatoms. The molecule has 0 aliphatic carbocycles. The van der Waals surface area contributed by atoms with Gasteiger partial charge in [-0.3, -0.25) is 9.20 Å². The van der Waals surface area contributed by atoms with Crippen LogP contribution in [0, 0.1) is 11.3 Å². The van der Waals surface area contributed by atoms with Crippen LogP contribution in [0.15, 0.2) is 83.8 Å². The molecule has 162 valence electrons. The van der Waals surface area contributed by atoms with Gasteiger partial charge in [0.2, 0.25) is 0 Å². The molecule has 4 aromatic heterocycles. The van der Waals surface area contributed by atoms with E-state index in [2.05, 4.69) is 11.4 Å². The minimum Gasteiger partial charge on any atom is -0.346 e. The van der Waals surface area contributed by atoms with Gasteiger partial charge in [0.05, 0.1) is 21.3 Å². The van der Waals surface area contributed by atoms with E-state index in [0.717, 1.165) is 11.3 Å². The van der Waals surface area contributed by atoms with Crippen molar-refractivity contribution < 1.29 is 0 Å². The minimum atomic E-state index is -0.218. The Kier molecular flexibility index (Phi) is 4.77. The van der Waals surface area contributed by atoms with Crippen molar-refractivity contribution in [2.75, 3.05) is 5.32 Å². The summed E-state index contributed by atoms with van der Waals surface area (Å²) in [6.45, 7) is 0. The van der Waals surface area contributed by atoms with Crippen molar-refractivity contribution in [3.05, 3.63) is 99.9 Å². The first-order valence-corrected chi connectivity index (χ1v) is 11.6. The molecule has 0 aliphatic rings. The molecule has 6 nitrogen and oxygen atoms in total. The van der Waals surface area contributed by atoms with Gasteiger partial charge < -0.3 is 5.32 Å². The van der Waals surface area contributed by atoms with Gasteiger partial charge in [0.25, 0.3) is 5.56 Å². The second-order valence-electron chi connectivity index (χ2n) is 7.62. The number of nitriles is 1. The number of hydrogen-bond donors (Lipinski definition) is 1. The second-order valence-corrected chi connectivity index (χ2v) is 9.08.